The summed E-state index contributed by atoms with van der Waals surface area (Å²) >= 11 is 0. The van der Waals surface area contributed by atoms with Crippen LogP contribution in [0.4, 0.5) is 10.1 Å². The molecular weight excluding hydrogens is 335 g/mol. The highest BCUT2D eigenvalue weighted by Gasteiger charge is 2.33. The first-order valence-electron chi connectivity index (χ1n) is 8.58. The first kappa shape index (κ1) is 16.6. The Balaban J connectivity index is 1.52. The maximum atomic E-state index is 13.1. The summed E-state index contributed by atoms with van der Waals surface area (Å²) in [6, 6.07) is 14.9. The van der Waals surface area contributed by atoms with Crippen LogP contribution in [0.25, 0.3) is 11.0 Å². The van der Waals surface area contributed by atoms with Crippen LogP contribution in [0.3, 0.4) is 0 Å². The molecule has 1 aromatic heterocycles. The van der Waals surface area contributed by atoms with Crippen molar-refractivity contribution < 1.29 is 18.7 Å². The first-order chi connectivity index (χ1) is 12.6. The maximum Gasteiger partial charge on any atom is 0.328 e. The highest BCUT2D eigenvalue weighted by molar-refractivity contribution is 5.81. The Labute approximate surface area is 150 Å². The zero-order chi connectivity index (χ0) is 18.1. The molecule has 1 atom stereocenters. The number of hydrogen-bond donors (Lipinski definition) is 1. The molecule has 3 aromatic rings. The quantitative estimate of drug-likeness (QED) is 0.777. The smallest absolute Gasteiger partial charge is 0.328 e. The van der Waals surface area contributed by atoms with Crippen molar-refractivity contribution in [3.8, 4) is 0 Å². The molecule has 0 bridgehead atoms. The molecular formula is C20H19FN2O3. The predicted molar refractivity (Wildman–Crippen MR) is 96.8 cm³/mol. The maximum absolute atomic E-state index is 13.1. The molecule has 1 fully saturated rings. The van der Waals surface area contributed by atoms with E-state index >= 15 is 0 Å². The van der Waals surface area contributed by atoms with E-state index in [1.165, 1.54) is 12.1 Å². The number of rotatable bonds is 4. The van der Waals surface area contributed by atoms with Gasteiger partial charge in [-0.05, 0) is 36.4 Å². The van der Waals surface area contributed by atoms with Crippen molar-refractivity contribution in [1.82, 2.24) is 4.90 Å². The van der Waals surface area contributed by atoms with Gasteiger partial charge < -0.3 is 14.4 Å². The number of hydrogen-bond acceptors (Lipinski definition) is 4. The largest absolute Gasteiger partial charge is 0.480 e. The van der Waals surface area contributed by atoms with Crippen molar-refractivity contribution in [3.05, 3.63) is 66.2 Å². The number of piperazine rings is 1. The van der Waals surface area contributed by atoms with E-state index in [9.17, 15) is 14.3 Å². The molecule has 0 spiro atoms. The second-order valence-electron chi connectivity index (χ2n) is 6.43. The van der Waals surface area contributed by atoms with Crippen LogP contribution in [0.2, 0.25) is 0 Å². The molecule has 4 rings (SSSR count). The fourth-order valence-corrected chi connectivity index (χ4v) is 3.49. The van der Waals surface area contributed by atoms with Crippen molar-refractivity contribution >= 4 is 22.6 Å². The van der Waals surface area contributed by atoms with Crippen LogP contribution >= 0.6 is 0 Å². The zero-order valence-electron chi connectivity index (χ0n) is 14.1. The summed E-state index contributed by atoms with van der Waals surface area (Å²) < 4.78 is 18.9. The molecule has 2 heterocycles. The van der Waals surface area contributed by atoms with Gasteiger partial charge >= 0.3 is 5.97 Å². The number of nitrogens with zero attached hydrogens (tertiary/aromatic N) is 2. The van der Waals surface area contributed by atoms with E-state index in [0.29, 0.717) is 37.5 Å². The molecule has 26 heavy (non-hydrogen) atoms. The summed E-state index contributed by atoms with van der Waals surface area (Å²) in [6.45, 7) is 2.53. The summed E-state index contributed by atoms with van der Waals surface area (Å²) in [5.41, 5.74) is 1.64. The van der Waals surface area contributed by atoms with Gasteiger partial charge in [0.1, 0.15) is 17.2 Å². The predicted octanol–water partition coefficient (Wildman–Crippen LogP) is 3.52. The Morgan fingerprint density at radius 1 is 1.04 bits per heavy atom. The lowest BCUT2D eigenvalue weighted by Gasteiger charge is -2.38. The lowest BCUT2D eigenvalue weighted by Crippen LogP contribution is -2.49. The van der Waals surface area contributed by atoms with Gasteiger partial charge in [-0.2, -0.15) is 0 Å². The molecule has 0 aliphatic carbocycles. The van der Waals surface area contributed by atoms with Crippen molar-refractivity contribution in [2.75, 3.05) is 31.1 Å². The molecule has 1 aliphatic rings. The van der Waals surface area contributed by atoms with Crippen LogP contribution in [0.5, 0.6) is 0 Å². The summed E-state index contributed by atoms with van der Waals surface area (Å²) in [4.78, 5) is 16.0. The third-order valence-electron chi connectivity index (χ3n) is 4.82. The summed E-state index contributed by atoms with van der Waals surface area (Å²) in [6.07, 6.45) is 0. The fraction of sp³-hybridized carbons (Fsp3) is 0.250. The number of para-hydroxylation sites is 1. The number of fused-ring (bicyclic) bond motifs is 1. The molecule has 0 radical (unpaired) electrons. The monoisotopic (exact) mass is 354 g/mol. The van der Waals surface area contributed by atoms with E-state index < -0.39 is 12.0 Å². The summed E-state index contributed by atoms with van der Waals surface area (Å²) in [7, 11) is 0. The Morgan fingerprint density at radius 2 is 1.73 bits per heavy atom. The van der Waals surface area contributed by atoms with E-state index in [-0.39, 0.29) is 5.82 Å². The number of halogens is 1. The number of carboxylic acid groups (broad SMARTS) is 1. The van der Waals surface area contributed by atoms with E-state index in [2.05, 4.69) is 4.90 Å². The number of benzene rings is 2. The minimum atomic E-state index is -0.917. The molecule has 2 aromatic carbocycles. The van der Waals surface area contributed by atoms with Gasteiger partial charge in [-0.15, -0.1) is 0 Å². The highest BCUT2D eigenvalue weighted by atomic mass is 19.1. The first-order valence-corrected chi connectivity index (χ1v) is 8.58. The summed E-state index contributed by atoms with van der Waals surface area (Å²) in [5.74, 6) is -0.726. The van der Waals surface area contributed by atoms with Gasteiger partial charge in [0.25, 0.3) is 0 Å². The second-order valence-corrected chi connectivity index (χ2v) is 6.43. The molecule has 1 saturated heterocycles. The topological polar surface area (TPSA) is 56.9 Å². The summed E-state index contributed by atoms with van der Waals surface area (Å²) in [5, 5.41) is 10.7. The van der Waals surface area contributed by atoms with E-state index in [1.54, 1.807) is 18.2 Å². The van der Waals surface area contributed by atoms with E-state index in [0.717, 1.165) is 11.1 Å². The van der Waals surface area contributed by atoms with E-state index in [4.69, 9.17) is 4.42 Å². The molecule has 6 heteroatoms. The van der Waals surface area contributed by atoms with Gasteiger partial charge in [0.15, 0.2) is 6.04 Å². The Kier molecular flexibility index (Phi) is 4.34. The van der Waals surface area contributed by atoms with Crippen LogP contribution in [0.15, 0.2) is 59.0 Å². The number of aliphatic carboxylic acids is 1. The SMILES string of the molecule is O=C(O)[C@@H](c1cc2ccccc2o1)N1CCN(c2ccc(F)cc2)CC1. The zero-order valence-corrected chi connectivity index (χ0v) is 14.1. The second kappa shape index (κ2) is 6.80. The highest BCUT2D eigenvalue weighted by Crippen LogP contribution is 2.29. The third kappa shape index (κ3) is 3.15. The standard InChI is InChI=1S/C20H19FN2O3/c21-15-5-7-16(8-6-15)22-9-11-23(12-10-22)19(20(24)25)18-13-14-3-1-2-4-17(14)26-18/h1-8,13,19H,9-12H2,(H,24,25)/t19-/m1/s1. The minimum Gasteiger partial charge on any atom is -0.480 e. The van der Waals surface area contributed by atoms with Gasteiger partial charge in [-0.1, -0.05) is 18.2 Å². The van der Waals surface area contributed by atoms with Gasteiger partial charge in [-0.25, -0.2) is 4.39 Å². The van der Waals surface area contributed by atoms with Gasteiger partial charge in [0.2, 0.25) is 0 Å². The molecule has 1 aliphatic heterocycles. The van der Waals surface area contributed by atoms with Crippen LogP contribution in [-0.4, -0.2) is 42.2 Å². The van der Waals surface area contributed by atoms with Gasteiger partial charge in [-0.3, -0.25) is 9.69 Å². The molecule has 0 unspecified atom stereocenters. The van der Waals surface area contributed by atoms with Crippen LogP contribution in [-0.2, 0) is 4.79 Å². The molecule has 134 valence electrons. The Hall–Kier alpha value is -2.86. The Bertz CT molecular complexity index is 881. The lowest BCUT2D eigenvalue weighted by molar-refractivity contribution is -0.144. The molecule has 5 nitrogen and oxygen atoms in total. The molecule has 0 amide bonds. The van der Waals surface area contributed by atoms with Gasteiger partial charge in [0, 0.05) is 37.3 Å². The van der Waals surface area contributed by atoms with Crippen LogP contribution in [0, 0.1) is 5.82 Å². The van der Waals surface area contributed by atoms with Crippen LogP contribution in [0.1, 0.15) is 11.8 Å². The van der Waals surface area contributed by atoms with Crippen molar-refractivity contribution in [2.45, 2.75) is 6.04 Å². The van der Waals surface area contributed by atoms with Gasteiger partial charge in [0.05, 0.1) is 0 Å². The molecule has 0 saturated carbocycles. The lowest BCUT2D eigenvalue weighted by atomic mass is 10.1. The average Bonchev–Trinajstić information content (AvgIpc) is 3.06. The molecule has 1 N–H and O–H groups in total. The third-order valence-corrected chi connectivity index (χ3v) is 4.82. The number of carbonyl (C=O) groups is 1. The number of anilines is 1. The van der Waals surface area contributed by atoms with Crippen molar-refractivity contribution in [3.63, 3.8) is 0 Å². The average molecular weight is 354 g/mol. The Morgan fingerprint density at radius 3 is 2.38 bits per heavy atom. The van der Waals surface area contributed by atoms with Crippen molar-refractivity contribution in [1.29, 1.82) is 0 Å². The van der Waals surface area contributed by atoms with Crippen molar-refractivity contribution in [2.24, 2.45) is 0 Å². The fourth-order valence-electron chi connectivity index (χ4n) is 3.49. The minimum absolute atomic E-state index is 0.261. The van der Waals surface area contributed by atoms with E-state index in [1.807, 2.05) is 29.2 Å². The number of furan rings is 1. The number of carboxylic acids is 1. The normalized spacial score (nSPS) is 16.7. The van der Waals surface area contributed by atoms with Crippen LogP contribution < -0.4 is 4.90 Å².